The molecule has 0 amide bonds. The number of halogens is 2. The molecule has 0 atom stereocenters. The molecule has 0 aliphatic rings. The first kappa shape index (κ1) is 11.9. The fraction of sp³-hybridized carbons (Fsp3) is 0. The van der Waals surface area contributed by atoms with Crippen molar-refractivity contribution in [2.75, 3.05) is 16.8 Å². The van der Waals surface area contributed by atoms with E-state index in [0.29, 0.717) is 16.7 Å². The van der Waals surface area contributed by atoms with Gasteiger partial charge in [0.1, 0.15) is 11.6 Å². The molecular weight excluding hydrogens is 306 g/mol. The molecule has 2 aromatic rings. The SMILES string of the molecule is Nc1cc(Nc2cccc(Cl)c2Br)nc(N)n1. The number of aromatic nitrogens is 2. The third-order valence-electron chi connectivity index (χ3n) is 1.98. The van der Waals surface area contributed by atoms with Crippen molar-refractivity contribution >= 4 is 50.8 Å². The van der Waals surface area contributed by atoms with Crippen LogP contribution in [0.2, 0.25) is 5.02 Å². The molecule has 0 aliphatic carbocycles. The van der Waals surface area contributed by atoms with Crippen LogP contribution < -0.4 is 16.8 Å². The van der Waals surface area contributed by atoms with E-state index in [4.69, 9.17) is 23.1 Å². The van der Waals surface area contributed by atoms with Crippen LogP contribution in [0.3, 0.4) is 0 Å². The van der Waals surface area contributed by atoms with Gasteiger partial charge in [-0.15, -0.1) is 0 Å². The van der Waals surface area contributed by atoms with E-state index in [0.717, 1.165) is 10.2 Å². The van der Waals surface area contributed by atoms with Crippen molar-refractivity contribution in [3.8, 4) is 0 Å². The zero-order chi connectivity index (χ0) is 12.4. The van der Waals surface area contributed by atoms with Crippen molar-refractivity contribution < 1.29 is 0 Å². The lowest BCUT2D eigenvalue weighted by Crippen LogP contribution is -2.03. The fourth-order valence-corrected chi connectivity index (χ4v) is 1.83. The van der Waals surface area contributed by atoms with E-state index in [-0.39, 0.29) is 5.95 Å². The molecule has 0 fully saturated rings. The minimum atomic E-state index is 0.116. The van der Waals surface area contributed by atoms with Crippen LogP contribution in [0.5, 0.6) is 0 Å². The van der Waals surface area contributed by atoms with Crippen LogP contribution in [0.1, 0.15) is 0 Å². The Morgan fingerprint density at radius 1 is 1.24 bits per heavy atom. The van der Waals surface area contributed by atoms with Crippen molar-refractivity contribution in [1.82, 2.24) is 9.97 Å². The van der Waals surface area contributed by atoms with Gasteiger partial charge in [-0.3, -0.25) is 0 Å². The van der Waals surface area contributed by atoms with E-state index in [2.05, 4.69) is 31.2 Å². The number of anilines is 4. The second-order valence-electron chi connectivity index (χ2n) is 3.26. The minimum absolute atomic E-state index is 0.116. The molecule has 88 valence electrons. The Balaban J connectivity index is 2.34. The average Bonchev–Trinajstić information content (AvgIpc) is 2.23. The molecule has 7 heteroatoms. The first-order chi connectivity index (χ1) is 8.06. The summed E-state index contributed by atoms with van der Waals surface area (Å²) in [6.07, 6.45) is 0. The summed E-state index contributed by atoms with van der Waals surface area (Å²) in [5.74, 6) is 0.932. The summed E-state index contributed by atoms with van der Waals surface area (Å²) in [6.45, 7) is 0. The molecule has 0 unspecified atom stereocenters. The van der Waals surface area contributed by atoms with Gasteiger partial charge in [0.25, 0.3) is 0 Å². The zero-order valence-corrected chi connectivity index (χ0v) is 11.0. The third kappa shape index (κ3) is 2.78. The van der Waals surface area contributed by atoms with Crippen LogP contribution in [0.15, 0.2) is 28.7 Å². The predicted molar refractivity (Wildman–Crippen MR) is 73.3 cm³/mol. The van der Waals surface area contributed by atoms with Gasteiger partial charge in [0.05, 0.1) is 15.2 Å². The molecule has 5 nitrogen and oxygen atoms in total. The van der Waals surface area contributed by atoms with E-state index in [9.17, 15) is 0 Å². The Bertz CT molecular complexity index is 540. The van der Waals surface area contributed by atoms with Gasteiger partial charge in [0, 0.05) is 6.07 Å². The Morgan fingerprint density at radius 3 is 2.71 bits per heavy atom. The molecule has 1 aromatic heterocycles. The molecule has 5 N–H and O–H groups in total. The first-order valence-corrected chi connectivity index (χ1v) is 5.84. The summed E-state index contributed by atoms with van der Waals surface area (Å²) in [5, 5.41) is 3.65. The van der Waals surface area contributed by atoms with Crippen molar-refractivity contribution in [2.45, 2.75) is 0 Å². The van der Waals surface area contributed by atoms with Crippen LogP contribution in [0.25, 0.3) is 0 Å². The number of hydrogen-bond acceptors (Lipinski definition) is 5. The van der Waals surface area contributed by atoms with Crippen molar-refractivity contribution in [2.24, 2.45) is 0 Å². The summed E-state index contributed by atoms with van der Waals surface area (Å²) >= 11 is 9.35. The Hall–Kier alpha value is -1.53. The van der Waals surface area contributed by atoms with Crippen LogP contribution >= 0.6 is 27.5 Å². The van der Waals surface area contributed by atoms with Crippen LogP contribution in [0.4, 0.5) is 23.3 Å². The third-order valence-corrected chi connectivity index (χ3v) is 3.38. The molecule has 17 heavy (non-hydrogen) atoms. The topological polar surface area (TPSA) is 89.8 Å². The Morgan fingerprint density at radius 2 is 2.00 bits per heavy atom. The molecule has 0 saturated carbocycles. The molecule has 2 rings (SSSR count). The van der Waals surface area contributed by atoms with Gasteiger partial charge in [0.15, 0.2) is 0 Å². The molecule has 0 aliphatic heterocycles. The molecule has 0 radical (unpaired) electrons. The van der Waals surface area contributed by atoms with E-state index >= 15 is 0 Å². The molecular formula is C10H9BrClN5. The standard InChI is InChI=1S/C10H9BrClN5/c11-9-5(12)2-1-3-6(9)15-8-4-7(13)16-10(14)17-8/h1-4H,(H5,13,14,15,16,17). The van der Waals surface area contributed by atoms with E-state index in [1.165, 1.54) is 0 Å². The number of nitrogen functional groups attached to an aromatic ring is 2. The second-order valence-corrected chi connectivity index (χ2v) is 4.46. The largest absolute Gasteiger partial charge is 0.383 e. The van der Waals surface area contributed by atoms with Gasteiger partial charge in [-0.05, 0) is 28.1 Å². The Kier molecular flexibility index (Phi) is 3.35. The predicted octanol–water partition coefficient (Wildman–Crippen LogP) is 2.80. The van der Waals surface area contributed by atoms with Gasteiger partial charge < -0.3 is 16.8 Å². The number of hydrogen-bond donors (Lipinski definition) is 3. The number of rotatable bonds is 2. The molecule has 0 spiro atoms. The molecule has 1 heterocycles. The zero-order valence-electron chi connectivity index (χ0n) is 8.61. The maximum Gasteiger partial charge on any atom is 0.223 e. The van der Waals surface area contributed by atoms with Gasteiger partial charge >= 0.3 is 0 Å². The number of nitrogens with two attached hydrogens (primary N) is 2. The number of benzene rings is 1. The first-order valence-electron chi connectivity index (χ1n) is 4.67. The van der Waals surface area contributed by atoms with Crippen molar-refractivity contribution in [1.29, 1.82) is 0 Å². The summed E-state index contributed by atoms with van der Waals surface area (Å²) in [6, 6.07) is 7.04. The molecule has 0 saturated heterocycles. The lowest BCUT2D eigenvalue weighted by molar-refractivity contribution is 1.19. The lowest BCUT2D eigenvalue weighted by atomic mass is 10.3. The van der Waals surface area contributed by atoms with E-state index in [1.54, 1.807) is 12.1 Å². The summed E-state index contributed by atoms with van der Waals surface area (Å²) in [4.78, 5) is 7.79. The number of nitrogens with one attached hydrogen (secondary N) is 1. The van der Waals surface area contributed by atoms with E-state index in [1.807, 2.05) is 12.1 Å². The summed E-state index contributed by atoms with van der Waals surface area (Å²) < 4.78 is 0.748. The van der Waals surface area contributed by atoms with Crippen molar-refractivity contribution in [3.05, 3.63) is 33.8 Å². The van der Waals surface area contributed by atoms with Gasteiger partial charge in [-0.2, -0.15) is 9.97 Å². The monoisotopic (exact) mass is 313 g/mol. The quantitative estimate of drug-likeness (QED) is 0.793. The minimum Gasteiger partial charge on any atom is -0.383 e. The smallest absolute Gasteiger partial charge is 0.223 e. The second kappa shape index (κ2) is 4.77. The number of nitrogens with zero attached hydrogens (tertiary/aromatic N) is 2. The highest BCUT2D eigenvalue weighted by molar-refractivity contribution is 9.10. The van der Waals surface area contributed by atoms with Crippen LogP contribution in [0, 0.1) is 0 Å². The molecule has 1 aromatic carbocycles. The van der Waals surface area contributed by atoms with E-state index < -0.39 is 0 Å². The highest BCUT2D eigenvalue weighted by Gasteiger charge is 2.06. The maximum absolute atomic E-state index is 5.97. The normalized spacial score (nSPS) is 10.2. The highest BCUT2D eigenvalue weighted by Crippen LogP contribution is 2.31. The van der Waals surface area contributed by atoms with Crippen molar-refractivity contribution in [3.63, 3.8) is 0 Å². The van der Waals surface area contributed by atoms with Gasteiger partial charge in [-0.25, -0.2) is 0 Å². The average molecular weight is 315 g/mol. The Labute approximate surface area is 111 Å². The maximum atomic E-state index is 5.97. The van der Waals surface area contributed by atoms with Gasteiger partial charge in [0.2, 0.25) is 5.95 Å². The molecule has 0 bridgehead atoms. The van der Waals surface area contributed by atoms with Gasteiger partial charge in [-0.1, -0.05) is 17.7 Å². The summed E-state index contributed by atoms with van der Waals surface area (Å²) in [7, 11) is 0. The lowest BCUT2D eigenvalue weighted by Gasteiger charge is -2.09. The fourth-order valence-electron chi connectivity index (χ4n) is 1.29. The highest BCUT2D eigenvalue weighted by atomic mass is 79.9. The van der Waals surface area contributed by atoms with Crippen LogP contribution in [-0.4, -0.2) is 9.97 Å². The summed E-state index contributed by atoms with van der Waals surface area (Å²) in [5.41, 5.74) is 11.8. The van der Waals surface area contributed by atoms with Crippen LogP contribution in [-0.2, 0) is 0 Å².